The summed E-state index contributed by atoms with van der Waals surface area (Å²) in [5.41, 5.74) is 3.26. The average Bonchev–Trinajstić information content (AvgIpc) is 3.18. The maximum Gasteiger partial charge on any atom is 0.233 e. The number of hydrogen-bond acceptors (Lipinski definition) is 7. The van der Waals surface area contributed by atoms with Gasteiger partial charge in [-0.25, -0.2) is 4.98 Å². The minimum Gasteiger partial charge on any atom is -0.368 e. The van der Waals surface area contributed by atoms with Crippen molar-refractivity contribution < 1.29 is 9.32 Å². The highest BCUT2D eigenvalue weighted by molar-refractivity contribution is 8.00. The Bertz CT molecular complexity index is 998. The molecule has 1 aliphatic rings. The molecular formula is C21H23N5O2S. The molecule has 0 saturated carbocycles. The Morgan fingerprint density at radius 3 is 2.69 bits per heavy atom. The Balaban J connectivity index is 1.34. The third-order valence-corrected chi connectivity index (χ3v) is 5.86. The van der Waals surface area contributed by atoms with Crippen molar-refractivity contribution in [2.75, 3.05) is 36.8 Å². The fourth-order valence-electron chi connectivity index (χ4n) is 3.34. The SMILES string of the molecule is Cc1cccc(N2CCN(C(=O)CSc3ncccc3-c3noc(C)n3)CC2)c1. The smallest absolute Gasteiger partial charge is 0.233 e. The van der Waals surface area contributed by atoms with Crippen LogP contribution in [0.25, 0.3) is 11.4 Å². The van der Waals surface area contributed by atoms with Gasteiger partial charge in [0.25, 0.3) is 0 Å². The summed E-state index contributed by atoms with van der Waals surface area (Å²) in [5, 5.41) is 4.70. The van der Waals surface area contributed by atoms with Gasteiger partial charge in [-0.05, 0) is 36.8 Å². The van der Waals surface area contributed by atoms with Crippen LogP contribution in [0.4, 0.5) is 5.69 Å². The monoisotopic (exact) mass is 409 g/mol. The van der Waals surface area contributed by atoms with E-state index in [0.29, 0.717) is 17.5 Å². The first-order chi connectivity index (χ1) is 14.1. The van der Waals surface area contributed by atoms with Gasteiger partial charge in [0.2, 0.25) is 17.6 Å². The molecule has 0 atom stereocenters. The van der Waals surface area contributed by atoms with Gasteiger partial charge in [0, 0.05) is 45.0 Å². The van der Waals surface area contributed by atoms with E-state index in [9.17, 15) is 4.79 Å². The number of benzene rings is 1. The minimum absolute atomic E-state index is 0.125. The van der Waals surface area contributed by atoms with Gasteiger partial charge in [0.1, 0.15) is 5.03 Å². The summed E-state index contributed by atoms with van der Waals surface area (Å²) in [6, 6.07) is 12.2. The molecule has 1 aliphatic heterocycles. The highest BCUT2D eigenvalue weighted by Gasteiger charge is 2.22. The Morgan fingerprint density at radius 2 is 1.97 bits per heavy atom. The molecule has 0 bridgehead atoms. The van der Waals surface area contributed by atoms with Crippen LogP contribution >= 0.6 is 11.8 Å². The van der Waals surface area contributed by atoms with Crippen molar-refractivity contribution in [3.8, 4) is 11.4 Å². The number of aryl methyl sites for hydroxylation is 2. The lowest BCUT2D eigenvalue weighted by molar-refractivity contribution is -0.128. The molecule has 1 saturated heterocycles. The summed E-state index contributed by atoms with van der Waals surface area (Å²) >= 11 is 1.41. The number of piperazine rings is 1. The lowest BCUT2D eigenvalue weighted by Crippen LogP contribution is -2.49. The van der Waals surface area contributed by atoms with E-state index in [4.69, 9.17) is 4.52 Å². The van der Waals surface area contributed by atoms with Gasteiger partial charge in [-0.1, -0.05) is 29.1 Å². The summed E-state index contributed by atoms with van der Waals surface area (Å²) < 4.78 is 5.07. The highest BCUT2D eigenvalue weighted by Crippen LogP contribution is 2.28. The second-order valence-electron chi connectivity index (χ2n) is 6.99. The van der Waals surface area contributed by atoms with E-state index in [0.717, 1.165) is 36.8 Å². The van der Waals surface area contributed by atoms with Gasteiger partial charge in [-0.15, -0.1) is 0 Å². The predicted octanol–water partition coefficient (Wildman–Crippen LogP) is 3.19. The van der Waals surface area contributed by atoms with E-state index in [-0.39, 0.29) is 5.91 Å². The van der Waals surface area contributed by atoms with Gasteiger partial charge < -0.3 is 14.3 Å². The molecule has 4 rings (SSSR count). The van der Waals surface area contributed by atoms with E-state index in [1.54, 1.807) is 13.1 Å². The second-order valence-corrected chi connectivity index (χ2v) is 7.95. The zero-order valence-corrected chi connectivity index (χ0v) is 17.4. The van der Waals surface area contributed by atoms with Crippen LogP contribution in [0.15, 0.2) is 52.1 Å². The van der Waals surface area contributed by atoms with E-state index >= 15 is 0 Å². The third kappa shape index (κ3) is 4.59. The third-order valence-electron chi connectivity index (χ3n) is 4.87. The molecule has 2 aromatic heterocycles. The predicted molar refractivity (Wildman–Crippen MR) is 113 cm³/mol. The molecule has 0 aliphatic carbocycles. The standard InChI is InChI=1S/C21H23N5O2S/c1-15-5-3-6-17(13-15)25-9-11-26(12-10-25)19(27)14-29-21-18(7-4-8-22-21)20-23-16(2)28-24-20/h3-8,13H,9-12,14H2,1-2H3. The largest absolute Gasteiger partial charge is 0.368 e. The van der Waals surface area contributed by atoms with Crippen molar-refractivity contribution in [3.63, 3.8) is 0 Å². The van der Waals surface area contributed by atoms with E-state index in [1.807, 2.05) is 17.0 Å². The number of anilines is 1. The fourth-order valence-corrected chi connectivity index (χ4v) is 4.24. The van der Waals surface area contributed by atoms with Crippen LogP contribution in [0.5, 0.6) is 0 Å². The molecule has 0 radical (unpaired) electrons. The Morgan fingerprint density at radius 1 is 1.14 bits per heavy atom. The number of aromatic nitrogens is 3. The zero-order valence-electron chi connectivity index (χ0n) is 16.5. The first-order valence-electron chi connectivity index (χ1n) is 9.58. The van der Waals surface area contributed by atoms with Gasteiger partial charge in [-0.2, -0.15) is 4.98 Å². The van der Waals surface area contributed by atoms with Crippen LogP contribution in [-0.2, 0) is 4.79 Å². The number of carbonyl (C=O) groups excluding carboxylic acids is 1. The summed E-state index contributed by atoms with van der Waals surface area (Å²) in [6.45, 7) is 6.99. The van der Waals surface area contributed by atoms with Gasteiger partial charge in [-0.3, -0.25) is 4.79 Å². The van der Waals surface area contributed by atoms with Crippen molar-refractivity contribution in [3.05, 3.63) is 54.0 Å². The number of amides is 1. The molecular weight excluding hydrogens is 386 g/mol. The molecule has 3 aromatic rings. The number of hydrogen-bond donors (Lipinski definition) is 0. The summed E-state index contributed by atoms with van der Waals surface area (Å²) in [7, 11) is 0. The number of nitrogens with zero attached hydrogens (tertiary/aromatic N) is 5. The topological polar surface area (TPSA) is 75.4 Å². The van der Waals surface area contributed by atoms with Gasteiger partial charge >= 0.3 is 0 Å². The summed E-state index contributed by atoms with van der Waals surface area (Å²) in [4.78, 5) is 25.7. The van der Waals surface area contributed by atoms with Crippen molar-refractivity contribution in [1.29, 1.82) is 0 Å². The van der Waals surface area contributed by atoms with Crippen LogP contribution in [-0.4, -0.2) is 57.9 Å². The molecule has 29 heavy (non-hydrogen) atoms. The van der Waals surface area contributed by atoms with Crippen LogP contribution < -0.4 is 4.90 Å². The van der Waals surface area contributed by atoms with Crippen molar-refractivity contribution in [2.24, 2.45) is 0 Å². The summed E-state index contributed by atoms with van der Waals surface area (Å²) in [6.07, 6.45) is 1.71. The fraction of sp³-hybridized carbons (Fsp3) is 0.333. The van der Waals surface area contributed by atoms with E-state index in [1.165, 1.54) is 23.0 Å². The maximum atomic E-state index is 12.7. The lowest BCUT2D eigenvalue weighted by atomic mass is 10.2. The first kappa shape index (κ1) is 19.4. The quantitative estimate of drug-likeness (QED) is 0.599. The van der Waals surface area contributed by atoms with Gasteiger partial charge in [0.15, 0.2) is 0 Å². The van der Waals surface area contributed by atoms with Crippen molar-refractivity contribution in [1.82, 2.24) is 20.0 Å². The molecule has 0 spiro atoms. The molecule has 1 aromatic carbocycles. The highest BCUT2D eigenvalue weighted by atomic mass is 32.2. The molecule has 1 amide bonds. The number of thioether (sulfide) groups is 1. The minimum atomic E-state index is 0.125. The van der Waals surface area contributed by atoms with E-state index in [2.05, 4.69) is 51.2 Å². The second kappa shape index (κ2) is 8.65. The molecule has 150 valence electrons. The number of rotatable bonds is 5. The van der Waals surface area contributed by atoms with Crippen molar-refractivity contribution >= 4 is 23.4 Å². The molecule has 8 heteroatoms. The first-order valence-corrected chi connectivity index (χ1v) is 10.6. The molecule has 1 fully saturated rings. The average molecular weight is 410 g/mol. The molecule has 3 heterocycles. The lowest BCUT2D eigenvalue weighted by Gasteiger charge is -2.36. The Hall–Kier alpha value is -2.87. The Labute approximate surface area is 174 Å². The maximum absolute atomic E-state index is 12.7. The zero-order chi connectivity index (χ0) is 20.2. The molecule has 0 unspecified atom stereocenters. The van der Waals surface area contributed by atoms with Crippen LogP contribution in [0, 0.1) is 13.8 Å². The van der Waals surface area contributed by atoms with Gasteiger partial charge in [0.05, 0.1) is 11.3 Å². The molecule has 7 nitrogen and oxygen atoms in total. The summed E-state index contributed by atoms with van der Waals surface area (Å²) in [5.74, 6) is 1.46. The molecule has 0 N–H and O–H groups in total. The van der Waals surface area contributed by atoms with Crippen molar-refractivity contribution in [2.45, 2.75) is 18.9 Å². The normalized spacial score (nSPS) is 14.3. The number of carbonyl (C=O) groups is 1. The Kier molecular flexibility index (Phi) is 5.80. The van der Waals surface area contributed by atoms with E-state index < -0.39 is 0 Å². The van der Waals surface area contributed by atoms with Crippen LogP contribution in [0.3, 0.4) is 0 Å². The number of pyridine rings is 1. The van der Waals surface area contributed by atoms with Crippen LogP contribution in [0.2, 0.25) is 0 Å². The van der Waals surface area contributed by atoms with Crippen LogP contribution in [0.1, 0.15) is 11.5 Å².